The first-order valence-electron chi connectivity index (χ1n) is 8.60. The Bertz CT molecular complexity index is 796. The van der Waals surface area contributed by atoms with Crippen molar-refractivity contribution in [3.63, 3.8) is 0 Å². The molecular formula is C19H24FN3O2. The maximum atomic E-state index is 14.2. The molecule has 5 nitrogen and oxygen atoms in total. The summed E-state index contributed by atoms with van der Waals surface area (Å²) in [6, 6.07) is 4.53. The average molecular weight is 345 g/mol. The summed E-state index contributed by atoms with van der Waals surface area (Å²) >= 11 is 0. The second-order valence-corrected chi connectivity index (χ2v) is 6.81. The van der Waals surface area contributed by atoms with Crippen molar-refractivity contribution in [1.82, 2.24) is 15.1 Å². The summed E-state index contributed by atoms with van der Waals surface area (Å²) in [5.41, 5.74) is 2.75. The van der Waals surface area contributed by atoms with Gasteiger partial charge in [-0.3, -0.25) is 9.48 Å². The van der Waals surface area contributed by atoms with Crippen molar-refractivity contribution in [2.24, 2.45) is 13.0 Å². The Kier molecular flexibility index (Phi) is 4.79. The predicted octanol–water partition coefficient (Wildman–Crippen LogP) is 3.46. The molecule has 1 aliphatic carbocycles. The third-order valence-corrected chi connectivity index (χ3v) is 4.71. The third-order valence-electron chi connectivity index (χ3n) is 4.71. The summed E-state index contributed by atoms with van der Waals surface area (Å²) in [5, 5.41) is 7.17. The Morgan fingerprint density at radius 3 is 2.72 bits per heavy atom. The zero-order valence-electron chi connectivity index (χ0n) is 15.1. The van der Waals surface area contributed by atoms with Gasteiger partial charge in [0, 0.05) is 12.7 Å². The van der Waals surface area contributed by atoms with Crippen molar-refractivity contribution in [1.29, 1.82) is 0 Å². The van der Waals surface area contributed by atoms with Crippen LogP contribution in [0.3, 0.4) is 0 Å². The Hall–Kier alpha value is -2.37. The highest BCUT2D eigenvalue weighted by molar-refractivity contribution is 5.96. The molecule has 2 aromatic rings. The lowest BCUT2D eigenvalue weighted by Gasteiger charge is -2.16. The number of aryl methyl sites for hydroxylation is 2. The van der Waals surface area contributed by atoms with Gasteiger partial charge in [0.1, 0.15) is 0 Å². The predicted molar refractivity (Wildman–Crippen MR) is 93.2 cm³/mol. The zero-order chi connectivity index (χ0) is 18.1. The molecule has 1 amide bonds. The van der Waals surface area contributed by atoms with E-state index in [1.165, 1.54) is 6.07 Å². The number of nitrogens with one attached hydrogen (secondary N) is 1. The van der Waals surface area contributed by atoms with Crippen molar-refractivity contribution in [3.8, 4) is 5.75 Å². The van der Waals surface area contributed by atoms with Crippen LogP contribution >= 0.6 is 0 Å². The molecule has 0 unspecified atom stereocenters. The van der Waals surface area contributed by atoms with Gasteiger partial charge >= 0.3 is 0 Å². The minimum Gasteiger partial charge on any atom is -0.490 e. The molecule has 0 spiro atoms. The Balaban J connectivity index is 1.68. The van der Waals surface area contributed by atoms with Gasteiger partial charge in [0.05, 0.1) is 23.9 Å². The first kappa shape index (κ1) is 17.5. The molecule has 1 N–H and O–H groups in total. The summed E-state index contributed by atoms with van der Waals surface area (Å²) in [6.45, 7) is 6.06. The van der Waals surface area contributed by atoms with Gasteiger partial charge in [-0.05, 0) is 57.2 Å². The lowest BCUT2D eigenvalue weighted by Crippen LogP contribution is -2.27. The van der Waals surface area contributed by atoms with Crippen LogP contribution in [0.1, 0.15) is 53.1 Å². The van der Waals surface area contributed by atoms with E-state index in [-0.39, 0.29) is 17.7 Å². The van der Waals surface area contributed by atoms with Crippen molar-refractivity contribution in [3.05, 3.63) is 46.5 Å². The number of hydrogen-bond acceptors (Lipinski definition) is 3. The second kappa shape index (κ2) is 6.86. The summed E-state index contributed by atoms with van der Waals surface area (Å²) in [7, 11) is 1.80. The van der Waals surface area contributed by atoms with Crippen LogP contribution in [0.4, 0.5) is 4.39 Å². The van der Waals surface area contributed by atoms with Gasteiger partial charge in [-0.1, -0.05) is 6.07 Å². The minimum atomic E-state index is -0.395. The van der Waals surface area contributed by atoms with E-state index in [1.807, 2.05) is 13.8 Å². The van der Waals surface area contributed by atoms with Gasteiger partial charge in [0.15, 0.2) is 11.6 Å². The highest BCUT2D eigenvalue weighted by Crippen LogP contribution is 2.30. The summed E-state index contributed by atoms with van der Waals surface area (Å²) < 4.78 is 21.4. The van der Waals surface area contributed by atoms with Crippen molar-refractivity contribution >= 4 is 5.91 Å². The topological polar surface area (TPSA) is 56.2 Å². The molecular weight excluding hydrogens is 321 g/mol. The first-order valence-corrected chi connectivity index (χ1v) is 8.60. The maximum absolute atomic E-state index is 14.2. The van der Waals surface area contributed by atoms with E-state index in [4.69, 9.17) is 4.74 Å². The molecule has 1 atom stereocenters. The van der Waals surface area contributed by atoms with E-state index in [1.54, 1.807) is 30.8 Å². The lowest BCUT2D eigenvalue weighted by molar-refractivity contribution is 0.0938. The summed E-state index contributed by atoms with van der Waals surface area (Å²) in [4.78, 5) is 12.5. The molecule has 6 heteroatoms. The molecule has 1 aromatic carbocycles. The van der Waals surface area contributed by atoms with E-state index in [9.17, 15) is 9.18 Å². The minimum absolute atomic E-state index is 0.204. The van der Waals surface area contributed by atoms with E-state index in [0.717, 1.165) is 18.5 Å². The van der Waals surface area contributed by atoms with Gasteiger partial charge < -0.3 is 10.1 Å². The van der Waals surface area contributed by atoms with Crippen LogP contribution in [0.15, 0.2) is 18.2 Å². The number of nitrogens with zero attached hydrogens (tertiary/aromatic N) is 2. The van der Waals surface area contributed by atoms with Crippen LogP contribution in [0.5, 0.6) is 5.75 Å². The standard InChI is InChI=1S/C19H24FN3O2/c1-11(21-19(24)18-12(2)22-23(4)13(18)3)15-7-8-17(16(20)9-15)25-10-14-5-6-14/h7-9,11,14H,5-6,10H2,1-4H3,(H,21,24)/t11-/m1/s1. The number of hydrogen-bond donors (Lipinski definition) is 1. The number of ether oxygens (including phenoxy) is 1. The Morgan fingerprint density at radius 2 is 2.16 bits per heavy atom. The monoisotopic (exact) mass is 345 g/mol. The molecule has 1 fully saturated rings. The maximum Gasteiger partial charge on any atom is 0.255 e. The van der Waals surface area contributed by atoms with Gasteiger partial charge in [-0.2, -0.15) is 5.10 Å². The number of aromatic nitrogens is 2. The molecule has 1 aliphatic rings. The first-order chi connectivity index (χ1) is 11.9. The van der Waals surface area contributed by atoms with E-state index in [0.29, 0.717) is 29.3 Å². The SMILES string of the molecule is Cc1nn(C)c(C)c1C(=O)N[C@H](C)c1ccc(OCC2CC2)c(F)c1. The molecule has 0 bridgehead atoms. The fraction of sp³-hybridized carbons (Fsp3) is 0.474. The molecule has 1 saturated carbocycles. The lowest BCUT2D eigenvalue weighted by atomic mass is 10.1. The fourth-order valence-electron chi connectivity index (χ4n) is 2.85. The van der Waals surface area contributed by atoms with Gasteiger partial charge in [-0.25, -0.2) is 4.39 Å². The van der Waals surface area contributed by atoms with Crippen LogP contribution in [0, 0.1) is 25.6 Å². The van der Waals surface area contributed by atoms with E-state index < -0.39 is 5.82 Å². The third kappa shape index (κ3) is 3.83. The number of rotatable bonds is 6. The molecule has 25 heavy (non-hydrogen) atoms. The highest BCUT2D eigenvalue weighted by Gasteiger charge is 2.23. The quantitative estimate of drug-likeness (QED) is 0.872. The number of halogens is 1. The second-order valence-electron chi connectivity index (χ2n) is 6.81. The van der Waals surface area contributed by atoms with Crippen LogP contribution in [-0.2, 0) is 7.05 Å². The molecule has 1 heterocycles. The molecule has 0 saturated heterocycles. The largest absolute Gasteiger partial charge is 0.490 e. The van der Waals surface area contributed by atoms with E-state index in [2.05, 4.69) is 10.4 Å². The molecule has 0 aliphatic heterocycles. The van der Waals surface area contributed by atoms with Crippen molar-refractivity contribution in [2.45, 2.75) is 39.7 Å². The van der Waals surface area contributed by atoms with Crippen LogP contribution < -0.4 is 10.1 Å². The number of benzene rings is 1. The van der Waals surface area contributed by atoms with Crippen molar-refractivity contribution in [2.75, 3.05) is 6.61 Å². The van der Waals surface area contributed by atoms with Gasteiger partial charge in [-0.15, -0.1) is 0 Å². The van der Waals surface area contributed by atoms with Crippen LogP contribution in [0.2, 0.25) is 0 Å². The fourth-order valence-corrected chi connectivity index (χ4v) is 2.85. The number of amides is 1. The van der Waals surface area contributed by atoms with E-state index >= 15 is 0 Å². The smallest absolute Gasteiger partial charge is 0.255 e. The van der Waals surface area contributed by atoms with Crippen LogP contribution in [0.25, 0.3) is 0 Å². The molecule has 1 aromatic heterocycles. The van der Waals surface area contributed by atoms with Gasteiger partial charge in [0.25, 0.3) is 5.91 Å². The van der Waals surface area contributed by atoms with Crippen molar-refractivity contribution < 1.29 is 13.9 Å². The normalized spacial score (nSPS) is 15.1. The number of carbonyl (C=O) groups excluding carboxylic acids is 1. The van der Waals surface area contributed by atoms with Gasteiger partial charge in [0.2, 0.25) is 0 Å². The highest BCUT2D eigenvalue weighted by atomic mass is 19.1. The molecule has 134 valence electrons. The zero-order valence-corrected chi connectivity index (χ0v) is 15.1. The summed E-state index contributed by atoms with van der Waals surface area (Å²) in [5.74, 6) is 0.245. The summed E-state index contributed by atoms with van der Waals surface area (Å²) in [6.07, 6.45) is 2.33. The average Bonchev–Trinajstić information content (AvgIpc) is 3.33. The Labute approximate surface area is 147 Å². The van der Waals surface area contributed by atoms with Crippen LogP contribution in [-0.4, -0.2) is 22.3 Å². The number of carbonyl (C=O) groups is 1. The molecule has 0 radical (unpaired) electrons. The Morgan fingerprint density at radius 1 is 1.44 bits per heavy atom. The molecule has 3 rings (SSSR count).